The molecule has 1 aliphatic rings. The molecule has 0 spiro atoms. The number of aryl methyl sites for hydroxylation is 2. The zero-order valence-corrected chi connectivity index (χ0v) is 15.7. The summed E-state index contributed by atoms with van der Waals surface area (Å²) in [6.45, 7) is 1.92. The summed E-state index contributed by atoms with van der Waals surface area (Å²) in [5.74, 6) is -0.144. The van der Waals surface area contributed by atoms with Crippen LogP contribution in [0.4, 0.5) is 11.4 Å². The molecule has 0 saturated carbocycles. The first-order chi connectivity index (χ1) is 13.1. The molecule has 1 aliphatic heterocycles. The lowest BCUT2D eigenvalue weighted by Gasteiger charge is -2.30. The highest BCUT2D eigenvalue weighted by atomic mass is 16.2. The van der Waals surface area contributed by atoms with E-state index in [4.69, 9.17) is 0 Å². The van der Waals surface area contributed by atoms with Crippen molar-refractivity contribution in [1.29, 1.82) is 0 Å². The quantitative estimate of drug-likeness (QED) is 0.777. The van der Waals surface area contributed by atoms with E-state index in [9.17, 15) is 9.59 Å². The van der Waals surface area contributed by atoms with E-state index in [-0.39, 0.29) is 11.6 Å². The van der Waals surface area contributed by atoms with Crippen LogP contribution >= 0.6 is 0 Å². The summed E-state index contributed by atoms with van der Waals surface area (Å²) in [5, 5.41) is 3.07. The van der Waals surface area contributed by atoms with Gasteiger partial charge in [0.2, 0.25) is 0 Å². The first-order valence-electron chi connectivity index (χ1n) is 9.37. The first-order valence-corrected chi connectivity index (χ1v) is 9.37. The summed E-state index contributed by atoms with van der Waals surface area (Å²) in [5.41, 5.74) is 3.96. The standard InChI is InChI=1S/C21H24N4O2/c1-23-18-13-16(22-20(26)15-9-5-3-6-10-15)17(25-11-7-4-8-12-25)14-19(18)24(2)21(23)27/h3,5-6,9-10,13-14H,4,7-8,11-12H2,1-2H3,(H,22,26). The van der Waals surface area contributed by atoms with Crippen LogP contribution in [0.3, 0.4) is 0 Å². The van der Waals surface area contributed by atoms with E-state index in [0.717, 1.165) is 48.3 Å². The summed E-state index contributed by atoms with van der Waals surface area (Å²) in [6.07, 6.45) is 3.50. The van der Waals surface area contributed by atoms with Crippen molar-refractivity contribution in [2.75, 3.05) is 23.3 Å². The number of imidazole rings is 1. The molecule has 1 fully saturated rings. The van der Waals surface area contributed by atoms with Crippen molar-refractivity contribution in [3.8, 4) is 0 Å². The second-order valence-electron chi connectivity index (χ2n) is 7.13. The van der Waals surface area contributed by atoms with Crippen LogP contribution in [0.5, 0.6) is 0 Å². The molecule has 6 nitrogen and oxygen atoms in total. The predicted octanol–water partition coefficient (Wildman–Crippen LogP) is 3.12. The van der Waals surface area contributed by atoms with Crippen molar-refractivity contribution in [2.45, 2.75) is 19.3 Å². The van der Waals surface area contributed by atoms with Crippen molar-refractivity contribution in [1.82, 2.24) is 9.13 Å². The summed E-state index contributed by atoms with van der Waals surface area (Å²) < 4.78 is 3.28. The third-order valence-corrected chi connectivity index (χ3v) is 5.37. The average molecular weight is 364 g/mol. The van der Waals surface area contributed by atoms with Crippen molar-refractivity contribution >= 4 is 28.3 Å². The van der Waals surface area contributed by atoms with Crippen LogP contribution < -0.4 is 15.9 Å². The maximum atomic E-state index is 12.7. The molecule has 3 aromatic rings. The number of anilines is 2. The third-order valence-electron chi connectivity index (χ3n) is 5.37. The second kappa shape index (κ2) is 6.95. The highest BCUT2D eigenvalue weighted by molar-refractivity contribution is 6.07. The molecular formula is C21H24N4O2. The van der Waals surface area contributed by atoms with Gasteiger partial charge >= 0.3 is 5.69 Å². The van der Waals surface area contributed by atoms with E-state index in [1.54, 1.807) is 35.4 Å². The van der Waals surface area contributed by atoms with Crippen molar-refractivity contribution in [3.63, 3.8) is 0 Å². The Hall–Kier alpha value is -3.02. The molecule has 0 unspecified atom stereocenters. The number of carbonyl (C=O) groups excluding carboxylic acids is 1. The van der Waals surface area contributed by atoms with Gasteiger partial charge in [-0.05, 0) is 43.5 Å². The van der Waals surface area contributed by atoms with Gasteiger partial charge in [0, 0.05) is 32.7 Å². The lowest BCUT2D eigenvalue weighted by atomic mass is 10.1. The molecule has 27 heavy (non-hydrogen) atoms. The molecule has 0 atom stereocenters. The van der Waals surface area contributed by atoms with Crippen LogP contribution in [0.2, 0.25) is 0 Å². The van der Waals surface area contributed by atoms with Gasteiger partial charge in [-0.25, -0.2) is 4.79 Å². The van der Waals surface area contributed by atoms with Gasteiger partial charge in [0.05, 0.1) is 22.4 Å². The van der Waals surface area contributed by atoms with E-state index >= 15 is 0 Å². The molecule has 2 aromatic carbocycles. The molecule has 6 heteroatoms. The van der Waals surface area contributed by atoms with Gasteiger partial charge in [0.1, 0.15) is 0 Å². The largest absolute Gasteiger partial charge is 0.370 e. The fourth-order valence-electron chi connectivity index (χ4n) is 3.81. The van der Waals surface area contributed by atoms with E-state index in [1.807, 2.05) is 30.3 Å². The number of rotatable bonds is 3. The van der Waals surface area contributed by atoms with Crippen LogP contribution in [0, 0.1) is 0 Å². The van der Waals surface area contributed by atoms with Crippen LogP contribution in [-0.4, -0.2) is 28.1 Å². The van der Waals surface area contributed by atoms with Crippen LogP contribution in [-0.2, 0) is 14.1 Å². The van der Waals surface area contributed by atoms with E-state index in [1.165, 1.54) is 6.42 Å². The van der Waals surface area contributed by atoms with Crippen LogP contribution in [0.1, 0.15) is 29.6 Å². The summed E-state index contributed by atoms with van der Waals surface area (Å²) in [7, 11) is 3.54. The van der Waals surface area contributed by atoms with Gasteiger partial charge in [0.25, 0.3) is 5.91 Å². The smallest absolute Gasteiger partial charge is 0.328 e. The Kier molecular flexibility index (Phi) is 4.48. The number of amides is 1. The minimum Gasteiger partial charge on any atom is -0.370 e. The molecule has 4 rings (SSSR count). The molecule has 0 aliphatic carbocycles. The van der Waals surface area contributed by atoms with Gasteiger partial charge < -0.3 is 10.2 Å². The van der Waals surface area contributed by atoms with Gasteiger partial charge in [-0.2, -0.15) is 0 Å². The van der Waals surface area contributed by atoms with Crippen molar-refractivity contribution < 1.29 is 4.79 Å². The van der Waals surface area contributed by atoms with E-state index in [0.29, 0.717) is 5.56 Å². The predicted molar refractivity (Wildman–Crippen MR) is 109 cm³/mol. The molecule has 1 saturated heterocycles. The Morgan fingerprint density at radius 1 is 0.926 bits per heavy atom. The number of piperidine rings is 1. The third kappa shape index (κ3) is 3.12. The molecule has 140 valence electrons. The first kappa shape index (κ1) is 17.4. The molecule has 0 radical (unpaired) electrons. The number of benzene rings is 2. The summed E-state index contributed by atoms with van der Waals surface area (Å²) >= 11 is 0. The van der Waals surface area contributed by atoms with Crippen molar-refractivity contribution in [2.24, 2.45) is 14.1 Å². The maximum Gasteiger partial charge on any atom is 0.328 e. The molecule has 0 bridgehead atoms. The molecular weight excluding hydrogens is 340 g/mol. The Morgan fingerprint density at radius 3 is 2.22 bits per heavy atom. The molecule has 1 aromatic heterocycles. The lowest BCUT2D eigenvalue weighted by molar-refractivity contribution is 0.102. The Labute approximate surface area is 158 Å². The number of hydrogen-bond acceptors (Lipinski definition) is 3. The zero-order valence-electron chi connectivity index (χ0n) is 15.7. The van der Waals surface area contributed by atoms with Gasteiger partial charge in [-0.1, -0.05) is 18.2 Å². The molecule has 1 N–H and O–H groups in total. The molecule has 2 heterocycles. The Morgan fingerprint density at radius 2 is 1.56 bits per heavy atom. The Balaban J connectivity index is 1.82. The monoisotopic (exact) mass is 364 g/mol. The number of nitrogens with one attached hydrogen (secondary N) is 1. The van der Waals surface area contributed by atoms with Crippen LogP contribution in [0.15, 0.2) is 47.3 Å². The van der Waals surface area contributed by atoms with Gasteiger partial charge in [-0.15, -0.1) is 0 Å². The van der Waals surface area contributed by atoms with Crippen LogP contribution in [0.25, 0.3) is 11.0 Å². The number of aromatic nitrogens is 2. The topological polar surface area (TPSA) is 59.3 Å². The minimum atomic E-state index is -0.144. The fraction of sp³-hybridized carbons (Fsp3) is 0.333. The SMILES string of the molecule is Cn1c(=O)n(C)c2cc(N3CCCCC3)c(NC(=O)c3ccccc3)cc21. The molecule has 1 amide bonds. The summed E-state index contributed by atoms with van der Waals surface area (Å²) in [6, 6.07) is 13.1. The minimum absolute atomic E-state index is 0.0684. The zero-order chi connectivity index (χ0) is 19.0. The number of hydrogen-bond donors (Lipinski definition) is 1. The number of carbonyl (C=O) groups is 1. The highest BCUT2D eigenvalue weighted by Gasteiger charge is 2.20. The highest BCUT2D eigenvalue weighted by Crippen LogP contribution is 2.33. The maximum absolute atomic E-state index is 12.7. The van der Waals surface area contributed by atoms with Crippen molar-refractivity contribution in [3.05, 3.63) is 58.5 Å². The number of nitrogens with zero attached hydrogens (tertiary/aromatic N) is 3. The average Bonchev–Trinajstić information content (AvgIpc) is 2.92. The van der Waals surface area contributed by atoms with Gasteiger partial charge in [0.15, 0.2) is 0 Å². The second-order valence-corrected chi connectivity index (χ2v) is 7.13. The summed E-state index contributed by atoms with van der Waals surface area (Å²) in [4.78, 5) is 27.4. The fourth-order valence-corrected chi connectivity index (χ4v) is 3.81. The van der Waals surface area contributed by atoms with E-state index in [2.05, 4.69) is 10.2 Å². The normalized spacial score (nSPS) is 14.5. The van der Waals surface area contributed by atoms with Gasteiger partial charge in [-0.3, -0.25) is 13.9 Å². The Bertz CT molecular complexity index is 1040. The number of fused-ring (bicyclic) bond motifs is 1. The lowest BCUT2D eigenvalue weighted by Crippen LogP contribution is -2.30. The van der Waals surface area contributed by atoms with E-state index < -0.39 is 0 Å².